The normalized spacial score (nSPS) is 11.0. The lowest BCUT2D eigenvalue weighted by molar-refractivity contribution is 0.322. The van der Waals surface area contributed by atoms with E-state index in [1.54, 1.807) is 29.1 Å². The minimum absolute atomic E-state index is 0.398. The van der Waals surface area contributed by atoms with Gasteiger partial charge in [-0.25, -0.2) is 9.37 Å². The molecule has 0 atom stereocenters. The Morgan fingerprint density at radius 3 is 2.93 bits per heavy atom. The van der Waals surface area contributed by atoms with Gasteiger partial charge in [0.05, 0.1) is 18.2 Å². The van der Waals surface area contributed by atoms with Crippen molar-refractivity contribution < 1.29 is 9.60 Å². The highest BCUT2D eigenvalue weighted by Crippen LogP contribution is 2.13. The van der Waals surface area contributed by atoms with Gasteiger partial charge in [-0.3, -0.25) is 0 Å². The molecule has 0 radical (unpaired) electrons. The molecule has 0 aliphatic rings. The molecule has 0 amide bonds. The summed E-state index contributed by atoms with van der Waals surface area (Å²) in [5.74, 6) is -0.398. The molecule has 1 aromatic carbocycles. The van der Waals surface area contributed by atoms with Crippen LogP contribution in [0.4, 0.5) is 4.39 Å². The summed E-state index contributed by atoms with van der Waals surface area (Å²) in [5.41, 5.74) is 0.904. The highest BCUT2D eigenvalue weighted by molar-refractivity contribution is 5.79. The zero-order chi connectivity index (χ0) is 10.7. The van der Waals surface area contributed by atoms with Gasteiger partial charge in [-0.2, -0.15) is 0 Å². The van der Waals surface area contributed by atoms with E-state index in [0.717, 1.165) is 0 Å². The Morgan fingerprint density at radius 1 is 1.47 bits per heavy atom. The summed E-state index contributed by atoms with van der Waals surface area (Å²) in [5, 5.41) is 11.1. The molecule has 4 nitrogen and oxygen atoms in total. The van der Waals surface area contributed by atoms with Crippen molar-refractivity contribution in [2.75, 3.05) is 0 Å². The Morgan fingerprint density at radius 2 is 2.33 bits per heavy atom. The fraction of sp³-hybridized carbons (Fsp3) is 0. The maximum Gasteiger partial charge on any atom is 0.147 e. The zero-order valence-corrected chi connectivity index (χ0v) is 7.71. The van der Waals surface area contributed by atoms with E-state index >= 15 is 0 Å². The molecule has 1 heterocycles. The predicted molar refractivity (Wildman–Crippen MR) is 52.9 cm³/mol. The van der Waals surface area contributed by atoms with Crippen LogP contribution in [0.2, 0.25) is 0 Å². The van der Waals surface area contributed by atoms with Gasteiger partial charge < -0.3 is 9.77 Å². The maximum absolute atomic E-state index is 13.5. The number of hydrogen-bond acceptors (Lipinski definition) is 3. The third-order valence-electron chi connectivity index (χ3n) is 1.96. The fourth-order valence-corrected chi connectivity index (χ4v) is 1.28. The molecule has 15 heavy (non-hydrogen) atoms. The van der Waals surface area contributed by atoms with Gasteiger partial charge in [-0.15, -0.1) is 0 Å². The molecule has 0 saturated heterocycles. The Kier molecular flexibility index (Phi) is 2.45. The number of benzene rings is 1. The predicted octanol–water partition coefficient (Wildman–Crippen LogP) is 1.82. The van der Waals surface area contributed by atoms with E-state index < -0.39 is 5.82 Å². The van der Waals surface area contributed by atoms with Crippen LogP contribution >= 0.6 is 0 Å². The van der Waals surface area contributed by atoms with Crippen molar-refractivity contribution in [1.29, 1.82) is 0 Å². The lowest BCUT2D eigenvalue weighted by Crippen LogP contribution is -1.95. The molecule has 2 rings (SSSR count). The van der Waals surface area contributed by atoms with Gasteiger partial charge in [0, 0.05) is 12.4 Å². The number of aromatic nitrogens is 2. The monoisotopic (exact) mass is 205 g/mol. The molecule has 0 spiro atoms. The Bertz CT molecular complexity index is 479. The Labute approximate surface area is 85.3 Å². The number of imidazole rings is 1. The average Bonchev–Trinajstić information content (AvgIpc) is 2.71. The molecular weight excluding hydrogens is 197 g/mol. The van der Waals surface area contributed by atoms with E-state index in [4.69, 9.17) is 5.21 Å². The first-order valence-corrected chi connectivity index (χ1v) is 4.26. The minimum atomic E-state index is -0.398. The highest BCUT2D eigenvalue weighted by atomic mass is 19.1. The van der Waals surface area contributed by atoms with Gasteiger partial charge in [0.2, 0.25) is 0 Å². The van der Waals surface area contributed by atoms with Crippen molar-refractivity contribution in [3.05, 3.63) is 48.3 Å². The van der Waals surface area contributed by atoms with Crippen LogP contribution in [0.5, 0.6) is 0 Å². The molecule has 0 aliphatic heterocycles. The topological polar surface area (TPSA) is 50.4 Å². The summed E-state index contributed by atoms with van der Waals surface area (Å²) in [7, 11) is 0. The van der Waals surface area contributed by atoms with E-state index in [-0.39, 0.29) is 0 Å². The standard InChI is InChI=1S/C10H8FN3O/c11-9-5-8(6-13-15)1-2-10(9)14-4-3-12-7-14/h1-7,15H/b13-6-. The Hall–Kier alpha value is -2.17. The van der Waals surface area contributed by atoms with Crippen LogP contribution in [0.3, 0.4) is 0 Å². The van der Waals surface area contributed by atoms with Crippen LogP contribution in [0, 0.1) is 5.82 Å². The third kappa shape index (κ3) is 1.85. The quantitative estimate of drug-likeness (QED) is 0.462. The fourth-order valence-electron chi connectivity index (χ4n) is 1.28. The second kappa shape index (κ2) is 3.91. The zero-order valence-electron chi connectivity index (χ0n) is 7.71. The van der Waals surface area contributed by atoms with Crippen molar-refractivity contribution in [1.82, 2.24) is 9.55 Å². The molecule has 0 fully saturated rings. The van der Waals surface area contributed by atoms with Crippen LogP contribution < -0.4 is 0 Å². The van der Waals surface area contributed by atoms with Gasteiger partial charge in [0.1, 0.15) is 5.82 Å². The summed E-state index contributed by atoms with van der Waals surface area (Å²) in [6.45, 7) is 0. The van der Waals surface area contributed by atoms with Crippen LogP contribution in [-0.2, 0) is 0 Å². The van der Waals surface area contributed by atoms with E-state index in [1.807, 2.05) is 0 Å². The summed E-state index contributed by atoms with van der Waals surface area (Å²) in [6.07, 6.45) is 5.90. The number of halogens is 1. The van der Waals surface area contributed by atoms with Gasteiger partial charge in [-0.05, 0) is 17.7 Å². The summed E-state index contributed by atoms with van der Waals surface area (Å²) < 4.78 is 15.1. The van der Waals surface area contributed by atoms with Gasteiger partial charge in [0.25, 0.3) is 0 Å². The molecular formula is C10H8FN3O. The van der Waals surface area contributed by atoms with Crippen LogP contribution in [0.25, 0.3) is 5.69 Å². The smallest absolute Gasteiger partial charge is 0.147 e. The van der Waals surface area contributed by atoms with E-state index in [1.165, 1.54) is 18.6 Å². The molecule has 0 aliphatic carbocycles. The minimum Gasteiger partial charge on any atom is -0.411 e. The van der Waals surface area contributed by atoms with Crippen molar-refractivity contribution in [3.63, 3.8) is 0 Å². The van der Waals surface area contributed by atoms with Gasteiger partial charge >= 0.3 is 0 Å². The summed E-state index contributed by atoms with van der Waals surface area (Å²) >= 11 is 0. The summed E-state index contributed by atoms with van der Waals surface area (Å²) in [4.78, 5) is 3.83. The number of hydrogen-bond donors (Lipinski definition) is 1. The number of rotatable bonds is 2. The summed E-state index contributed by atoms with van der Waals surface area (Å²) in [6, 6.07) is 4.53. The highest BCUT2D eigenvalue weighted by Gasteiger charge is 2.03. The molecule has 0 bridgehead atoms. The number of nitrogens with zero attached hydrogens (tertiary/aromatic N) is 3. The molecule has 1 N–H and O–H groups in total. The molecule has 76 valence electrons. The lowest BCUT2D eigenvalue weighted by Gasteiger charge is -2.03. The van der Waals surface area contributed by atoms with Crippen LogP contribution in [0.1, 0.15) is 5.56 Å². The first kappa shape index (κ1) is 9.39. The maximum atomic E-state index is 13.5. The molecule has 5 heteroatoms. The largest absolute Gasteiger partial charge is 0.411 e. The molecule has 2 aromatic rings. The molecule has 1 aromatic heterocycles. The molecule has 0 unspecified atom stereocenters. The first-order valence-electron chi connectivity index (χ1n) is 4.26. The lowest BCUT2D eigenvalue weighted by atomic mass is 10.2. The third-order valence-corrected chi connectivity index (χ3v) is 1.96. The Balaban J connectivity index is 2.43. The van der Waals surface area contributed by atoms with Crippen molar-refractivity contribution in [3.8, 4) is 5.69 Å². The van der Waals surface area contributed by atoms with E-state index in [2.05, 4.69) is 10.1 Å². The molecule has 0 saturated carbocycles. The van der Waals surface area contributed by atoms with E-state index in [9.17, 15) is 4.39 Å². The second-order valence-corrected chi connectivity index (χ2v) is 2.93. The van der Waals surface area contributed by atoms with Crippen molar-refractivity contribution in [2.45, 2.75) is 0 Å². The SMILES string of the molecule is O/N=C\c1ccc(-n2ccnc2)c(F)c1. The van der Waals surface area contributed by atoms with E-state index in [0.29, 0.717) is 11.3 Å². The van der Waals surface area contributed by atoms with Crippen LogP contribution in [0.15, 0.2) is 42.1 Å². The first-order chi connectivity index (χ1) is 7.31. The number of oxime groups is 1. The second-order valence-electron chi connectivity index (χ2n) is 2.93. The van der Waals surface area contributed by atoms with Crippen LogP contribution in [-0.4, -0.2) is 21.0 Å². The van der Waals surface area contributed by atoms with Gasteiger partial charge in [-0.1, -0.05) is 11.2 Å². The van der Waals surface area contributed by atoms with Crippen molar-refractivity contribution >= 4 is 6.21 Å². The average molecular weight is 205 g/mol. The van der Waals surface area contributed by atoms with Gasteiger partial charge in [0.15, 0.2) is 0 Å². The van der Waals surface area contributed by atoms with Crippen molar-refractivity contribution in [2.24, 2.45) is 5.16 Å².